The van der Waals surface area contributed by atoms with Gasteiger partial charge in [0.15, 0.2) is 11.6 Å². The first-order valence-electron chi connectivity index (χ1n) is 36.2. The van der Waals surface area contributed by atoms with E-state index in [0.29, 0.717) is 37.0 Å². The Labute approximate surface area is 643 Å². The summed E-state index contributed by atoms with van der Waals surface area (Å²) in [5, 5.41) is 19.1. The normalized spacial score (nSPS) is 11.5. The van der Waals surface area contributed by atoms with Crippen LogP contribution in [0.5, 0.6) is 0 Å². The summed E-state index contributed by atoms with van der Waals surface area (Å²) < 4.78 is 87.2. The number of nitrogens with zero attached hydrogens (tertiary/aromatic N) is 1. The Morgan fingerprint density at radius 1 is 0.519 bits per heavy atom. The molecule has 0 aliphatic heterocycles. The van der Waals surface area contributed by atoms with E-state index in [-0.39, 0.29) is 136 Å². The van der Waals surface area contributed by atoms with Crippen LogP contribution in [0.2, 0.25) is 0 Å². The Balaban J connectivity index is -0.0000000802. The average Bonchev–Trinajstić information content (AvgIpc) is 0.928. The maximum atomic E-state index is 12.4. The van der Waals surface area contributed by atoms with E-state index >= 15 is 0 Å². The quantitative estimate of drug-likeness (QED) is 0.0246. The van der Waals surface area contributed by atoms with E-state index in [2.05, 4.69) is 32.8 Å². The number of rotatable bonds is 25. The van der Waals surface area contributed by atoms with Crippen molar-refractivity contribution in [3.8, 4) is 0 Å². The summed E-state index contributed by atoms with van der Waals surface area (Å²) in [7, 11) is -2.18. The van der Waals surface area contributed by atoms with Crippen molar-refractivity contribution >= 4 is 72.2 Å². The number of nitrogens with two attached hydrogens (primary N) is 9. The summed E-state index contributed by atoms with van der Waals surface area (Å²) in [6, 6.07) is 5.74. The molecule has 0 saturated heterocycles. The number of aliphatic hydroxyl groups is 1. The number of Topliss-reactive ketones (excluding diaryl/α,β-unsaturated/α-hetero) is 6. The molecule has 0 aromatic heterocycles. The van der Waals surface area contributed by atoms with Crippen molar-refractivity contribution < 1.29 is 77.9 Å². The fourth-order valence-electron chi connectivity index (χ4n) is 4.62. The molecule has 2 amide bonds. The highest BCUT2D eigenvalue weighted by atomic mass is 32.2. The van der Waals surface area contributed by atoms with E-state index in [9.17, 15) is 72.8 Å². The van der Waals surface area contributed by atoms with E-state index in [1.165, 1.54) is 37.8 Å². The molecule has 3 atom stereocenters. The molecule has 0 fully saturated rings. The van der Waals surface area contributed by atoms with Crippen molar-refractivity contribution in [2.45, 2.75) is 282 Å². The van der Waals surface area contributed by atoms with Gasteiger partial charge in [-0.15, -0.1) is 0 Å². The molecule has 1 rings (SSSR count). The molecule has 0 aliphatic carbocycles. The van der Waals surface area contributed by atoms with Crippen LogP contribution < -0.4 is 51.0 Å². The van der Waals surface area contributed by atoms with Crippen LogP contribution in [0.15, 0.2) is 24.3 Å². The van der Waals surface area contributed by atoms with Crippen LogP contribution in [0.25, 0.3) is 0 Å². The van der Waals surface area contributed by atoms with Gasteiger partial charge in [-0.05, 0) is 123 Å². The number of likely N-dealkylation sites (N-methyl/N-ethyl adjacent to an activating group) is 1. The van der Waals surface area contributed by atoms with Crippen molar-refractivity contribution in [1.29, 1.82) is 5.41 Å². The second kappa shape index (κ2) is 76.7. The molecule has 24 nitrogen and oxygen atoms in total. The highest BCUT2D eigenvalue weighted by Crippen LogP contribution is 2.23. The first kappa shape index (κ1) is 130. The zero-order chi connectivity index (χ0) is 88.4. The number of alkyl halides is 3. The van der Waals surface area contributed by atoms with Crippen molar-refractivity contribution in [2.24, 2.45) is 122 Å². The van der Waals surface area contributed by atoms with Crippen LogP contribution >= 0.6 is 0 Å². The standard InChI is InChI=1S/C10H13F.2C7H15NO.C6H13NO2.C6H13NO.C5H9F3.2C5H11NO.C5H13N.C5H10O.C4H10N2.C4H9NO.C4H10O2S.C3H9NO2S/c1-8(2)7-9-3-5-10(11)6-4-9;1-6(2)7(9)5-8(3)4;1-5(2)7(9)4-6(3)8;1-4(2)6(9)5(7)3-8;1-4(2)6(8)5(3)7;1-4(2)3-5(6,7)8;1-4(2)5(7)3-6;1-4(2)3-5(6)7;1-5(2)3-4-6;1-4(2)5(3)6;2*1-3(2)4(5)6;1-4(2)7(3,5)6;1-3(2)7(4,5)6/h3-6,8H,7H2,1-2H3;6H,5H2,1-4H3;5-6H,4,8H2,1-3H3;4-5,8H,3,7H2,1-2H3;4-5H,7H2,1-3H3;4H,3H2,1-2H3;4H,3,6H2,1-2H3;4H,3H2,1-2H3,(H2,6,7);5H,3-4,6H2,1-2H3;4H,1-3H3;3H,1-2H3,(H3,5,6);3H,1-2H3,(H2,5,6);4H,1-3H3;3H,1-2H3,(H2,4,5,6). The number of amides is 2. The van der Waals surface area contributed by atoms with Gasteiger partial charge in [-0.25, -0.2) is 26.4 Å². The van der Waals surface area contributed by atoms with E-state index in [1.54, 1.807) is 69.2 Å². The highest BCUT2D eigenvalue weighted by Gasteiger charge is 2.28. The number of halogens is 4. The number of primary amides is 2. The van der Waals surface area contributed by atoms with Gasteiger partial charge in [0, 0.05) is 78.9 Å². The number of carbonyl (C=O) groups excluding carboxylic acids is 8. The van der Waals surface area contributed by atoms with Crippen LogP contribution in [-0.2, 0) is 64.6 Å². The van der Waals surface area contributed by atoms with Gasteiger partial charge in [-0.1, -0.05) is 178 Å². The molecule has 0 spiro atoms. The minimum Gasteiger partial charge on any atom is -0.394 e. The van der Waals surface area contributed by atoms with Gasteiger partial charge in [-0.2, -0.15) is 13.2 Å². The summed E-state index contributed by atoms with van der Waals surface area (Å²) >= 11 is 0. The van der Waals surface area contributed by atoms with Crippen molar-refractivity contribution in [3.05, 3.63) is 35.6 Å². The molecule has 0 saturated carbocycles. The molecule has 0 radical (unpaired) electrons. The summed E-state index contributed by atoms with van der Waals surface area (Å²) in [6.45, 7) is 58.2. The summed E-state index contributed by atoms with van der Waals surface area (Å²) in [4.78, 5) is 85.7. The fourth-order valence-corrected chi connectivity index (χ4v) is 4.62. The summed E-state index contributed by atoms with van der Waals surface area (Å²) in [5.74, 6) is 3.00. The zero-order valence-electron chi connectivity index (χ0n) is 72.3. The second-order valence-electron chi connectivity index (χ2n) is 30.1. The van der Waals surface area contributed by atoms with E-state index < -0.39 is 43.7 Å². The number of ketones is 6. The minimum atomic E-state index is -3.98. The van der Waals surface area contributed by atoms with E-state index in [1.807, 2.05) is 135 Å². The third kappa shape index (κ3) is 132. The Hall–Kier alpha value is -5.05. The number of benzene rings is 1. The lowest BCUT2D eigenvalue weighted by molar-refractivity contribution is -0.142. The molecule has 0 aliphatic rings. The maximum Gasteiger partial charge on any atom is 0.389 e. The zero-order valence-corrected chi connectivity index (χ0v) is 73.9. The summed E-state index contributed by atoms with van der Waals surface area (Å²) in [5.41, 5.74) is 42.0. The monoisotopic (exact) mass is 1580 g/mol. The second-order valence-corrected chi connectivity index (χ2v) is 34.8. The third-order valence-corrected chi connectivity index (χ3v) is 15.4. The number of hydrogen-bond acceptors (Lipinski definition) is 20. The number of primary sulfonamides is 1. The third-order valence-electron chi connectivity index (χ3n) is 12.3. The number of carbonyl (C=O) groups is 8. The lowest BCUT2D eigenvalue weighted by Gasteiger charge is -2.09. The van der Waals surface area contributed by atoms with Crippen molar-refractivity contribution in [3.63, 3.8) is 0 Å². The van der Waals surface area contributed by atoms with Crippen LogP contribution in [-0.4, -0.2) is 161 Å². The van der Waals surface area contributed by atoms with Gasteiger partial charge in [0.1, 0.15) is 38.8 Å². The lowest BCUT2D eigenvalue weighted by atomic mass is 10.0. The SMILES string of the molecule is CC(=O)C(C)C.CC(C)C(=N)N.CC(C)C(=O)C(C)N.CC(C)C(=O)C(N)CO.CC(C)C(=O)CN.CC(C)C(=O)CN(C)C.CC(C)C(N)=O.CC(C)CC(F)(F)F.CC(C)CC(N)=O.CC(C)CCN.CC(C)Cc1ccc(F)cc1.CC(C)S(C)(=O)=O.CC(C)S(N)(=O)=O.CC(N)CC(=O)C(C)C. The fraction of sp³-hybridized carbons (Fsp3) is 0.803. The molecule has 30 heteroatoms. The topological polar surface area (TPSA) is 486 Å². The van der Waals surface area contributed by atoms with E-state index in [4.69, 9.17) is 56.4 Å². The van der Waals surface area contributed by atoms with Crippen molar-refractivity contribution in [1.82, 2.24) is 4.90 Å². The van der Waals surface area contributed by atoms with Gasteiger partial charge < -0.3 is 55.9 Å². The van der Waals surface area contributed by atoms with Crippen LogP contribution in [0.4, 0.5) is 17.6 Å². The minimum absolute atomic E-state index is 0.00926. The molecule has 1 aromatic rings. The molecule has 1 aromatic carbocycles. The number of nitrogens with one attached hydrogen (secondary N) is 1. The van der Waals surface area contributed by atoms with Gasteiger partial charge in [0.05, 0.1) is 48.1 Å². The van der Waals surface area contributed by atoms with Crippen LogP contribution in [0.1, 0.15) is 246 Å². The number of sulfonamides is 1. The Kier molecular flexibility index (Phi) is 94.3. The van der Waals surface area contributed by atoms with Crippen LogP contribution in [0, 0.1) is 82.2 Å². The highest BCUT2D eigenvalue weighted by molar-refractivity contribution is 7.91. The summed E-state index contributed by atoms with van der Waals surface area (Å²) in [6.07, 6.45) is -0.225. The lowest BCUT2D eigenvalue weighted by Crippen LogP contribution is -2.36. The number of hydrogen-bond donors (Lipinski definition) is 11. The van der Waals surface area contributed by atoms with Crippen LogP contribution in [0.3, 0.4) is 0 Å². The Morgan fingerprint density at radius 2 is 0.849 bits per heavy atom. The number of sulfone groups is 1. The molecule has 106 heavy (non-hydrogen) atoms. The molecule has 3 unspecified atom stereocenters. The predicted molar refractivity (Wildman–Crippen MR) is 436 cm³/mol. The smallest absolute Gasteiger partial charge is 0.389 e. The first-order valence-corrected chi connectivity index (χ1v) is 39.8. The van der Waals surface area contributed by atoms with Gasteiger partial charge >= 0.3 is 6.18 Å². The number of aliphatic hydroxyl groups excluding tert-OH is 1. The Bertz CT molecular complexity index is 2470. The Morgan fingerprint density at radius 3 is 0.925 bits per heavy atom. The first-order chi connectivity index (χ1) is 47.2. The largest absolute Gasteiger partial charge is 0.394 e. The van der Waals surface area contributed by atoms with Crippen molar-refractivity contribution in [2.75, 3.05) is 46.6 Å². The predicted octanol–water partition coefficient (Wildman–Crippen LogP) is 11.2. The molecular formula is C76H161F4N11O13S2. The molecule has 0 bridgehead atoms. The van der Waals surface area contributed by atoms with Gasteiger partial charge in [-0.3, -0.25) is 43.8 Å². The maximum absolute atomic E-state index is 12.4. The van der Waals surface area contributed by atoms with Gasteiger partial charge in [0.2, 0.25) is 21.8 Å². The molecule has 20 N–H and O–H groups in total. The molecule has 638 valence electrons. The van der Waals surface area contributed by atoms with Gasteiger partial charge in [0.25, 0.3) is 0 Å². The molecule has 0 heterocycles. The average molecular weight is 1580 g/mol. The molecular weight excluding hydrogens is 1420 g/mol. The van der Waals surface area contributed by atoms with E-state index in [0.717, 1.165) is 25.3 Å². The number of amidine groups is 1.